The Morgan fingerprint density at radius 3 is 2.43 bits per heavy atom. The van der Waals surface area contributed by atoms with Gasteiger partial charge in [0.25, 0.3) is 0 Å². The summed E-state index contributed by atoms with van der Waals surface area (Å²) in [6.45, 7) is 0.615. The molecule has 0 spiro atoms. The minimum atomic E-state index is -0.119. The SMILES string of the molecule is Oc1ccc(CCNC(=S)Nc2ccc(Cl)cc2)cc1O. The van der Waals surface area contributed by atoms with Crippen LogP contribution in [0.1, 0.15) is 5.56 Å². The number of aromatic hydroxyl groups is 2. The number of benzene rings is 2. The molecule has 0 fully saturated rings. The van der Waals surface area contributed by atoms with Gasteiger partial charge >= 0.3 is 0 Å². The van der Waals surface area contributed by atoms with Crippen LogP contribution in [-0.4, -0.2) is 21.9 Å². The van der Waals surface area contributed by atoms with Crippen LogP contribution >= 0.6 is 23.8 Å². The zero-order valence-corrected chi connectivity index (χ0v) is 12.7. The highest BCUT2D eigenvalue weighted by Crippen LogP contribution is 2.24. The molecule has 6 heteroatoms. The van der Waals surface area contributed by atoms with Gasteiger partial charge in [0.15, 0.2) is 16.6 Å². The number of phenolic OH excluding ortho intramolecular Hbond substituents is 2. The first kappa shape index (κ1) is 15.4. The number of thiocarbonyl (C=S) groups is 1. The monoisotopic (exact) mass is 322 g/mol. The van der Waals surface area contributed by atoms with Gasteiger partial charge in [-0.15, -0.1) is 0 Å². The fourth-order valence-electron chi connectivity index (χ4n) is 1.75. The summed E-state index contributed by atoms with van der Waals surface area (Å²) in [5.74, 6) is -0.235. The molecule has 0 aliphatic rings. The predicted octanol–water partition coefficient (Wildman–Crippen LogP) is 3.28. The van der Waals surface area contributed by atoms with Crippen LogP contribution in [0.2, 0.25) is 5.02 Å². The zero-order chi connectivity index (χ0) is 15.2. The Kier molecular flexibility index (Phi) is 5.25. The van der Waals surface area contributed by atoms with Crippen LogP contribution in [0, 0.1) is 0 Å². The molecule has 0 saturated carbocycles. The van der Waals surface area contributed by atoms with Crippen LogP contribution in [-0.2, 0) is 6.42 Å². The van der Waals surface area contributed by atoms with E-state index in [1.165, 1.54) is 12.1 Å². The summed E-state index contributed by atoms with van der Waals surface area (Å²) in [6, 6.07) is 12.0. The standard InChI is InChI=1S/C15H15ClN2O2S/c16-11-2-4-12(5-3-11)18-15(21)17-8-7-10-1-6-13(19)14(20)9-10/h1-6,9,19-20H,7-8H2,(H2,17,18,21). The molecule has 0 unspecified atom stereocenters. The van der Waals surface area contributed by atoms with Gasteiger partial charge in [-0.2, -0.15) is 0 Å². The number of anilines is 1. The summed E-state index contributed by atoms with van der Waals surface area (Å²) in [6.07, 6.45) is 0.677. The van der Waals surface area contributed by atoms with Crippen molar-refractivity contribution in [3.05, 3.63) is 53.1 Å². The lowest BCUT2D eigenvalue weighted by Crippen LogP contribution is -2.30. The summed E-state index contributed by atoms with van der Waals surface area (Å²) in [5, 5.41) is 25.9. The summed E-state index contributed by atoms with van der Waals surface area (Å²) in [7, 11) is 0. The molecule has 0 aliphatic heterocycles. The summed E-state index contributed by atoms with van der Waals surface area (Å²) in [4.78, 5) is 0. The van der Waals surface area contributed by atoms with Crippen molar-refractivity contribution in [1.29, 1.82) is 0 Å². The maximum Gasteiger partial charge on any atom is 0.170 e. The second kappa shape index (κ2) is 7.15. The van der Waals surface area contributed by atoms with E-state index in [0.717, 1.165) is 11.3 Å². The molecule has 0 saturated heterocycles. The molecule has 2 rings (SSSR count). The fraction of sp³-hybridized carbons (Fsp3) is 0.133. The van der Waals surface area contributed by atoms with E-state index in [-0.39, 0.29) is 11.5 Å². The summed E-state index contributed by atoms with van der Waals surface area (Å²) >= 11 is 11.0. The first-order valence-corrected chi connectivity index (χ1v) is 7.14. The van der Waals surface area contributed by atoms with E-state index in [0.29, 0.717) is 23.1 Å². The molecule has 0 aliphatic carbocycles. The number of rotatable bonds is 4. The van der Waals surface area contributed by atoms with Crippen molar-refractivity contribution in [3.8, 4) is 11.5 Å². The Morgan fingerprint density at radius 2 is 1.76 bits per heavy atom. The average molecular weight is 323 g/mol. The van der Waals surface area contributed by atoms with Crippen molar-refractivity contribution in [2.45, 2.75) is 6.42 Å². The maximum absolute atomic E-state index is 9.41. The highest BCUT2D eigenvalue weighted by Gasteiger charge is 2.02. The quantitative estimate of drug-likeness (QED) is 0.514. The molecule has 4 N–H and O–H groups in total. The van der Waals surface area contributed by atoms with E-state index < -0.39 is 0 Å². The normalized spacial score (nSPS) is 10.1. The first-order chi connectivity index (χ1) is 10.0. The van der Waals surface area contributed by atoms with E-state index in [1.807, 2.05) is 12.1 Å². The third-order valence-electron chi connectivity index (χ3n) is 2.84. The van der Waals surface area contributed by atoms with Gasteiger partial charge in [-0.1, -0.05) is 17.7 Å². The van der Waals surface area contributed by atoms with Gasteiger partial charge in [0, 0.05) is 17.3 Å². The van der Waals surface area contributed by atoms with E-state index >= 15 is 0 Å². The second-order valence-corrected chi connectivity index (χ2v) is 5.31. The van der Waals surface area contributed by atoms with Crippen LogP contribution in [0.3, 0.4) is 0 Å². The highest BCUT2D eigenvalue weighted by molar-refractivity contribution is 7.80. The lowest BCUT2D eigenvalue weighted by atomic mass is 10.1. The lowest BCUT2D eigenvalue weighted by Gasteiger charge is -2.11. The van der Waals surface area contributed by atoms with E-state index in [2.05, 4.69) is 10.6 Å². The molecule has 0 bridgehead atoms. The van der Waals surface area contributed by atoms with Crippen molar-refractivity contribution in [2.75, 3.05) is 11.9 Å². The Bertz CT molecular complexity index is 632. The molecule has 0 aromatic heterocycles. The molecular formula is C15H15ClN2O2S. The fourth-order valence-corrected chi connectivity index (χ4v) is 2.10. The third-order valence-corrected chi connectivity index (χ3v) is 3.34. The van der Waals surface area contributed by atoms with Crippen molar-refractivity contribution in [3.63, 3.8) is 0 Å². The van der Waals surface area contributed by atoms with Gasteiger partial charge in [0.2, 0.25) is 0 Å². The molecular weight excluding hydrogens is 308 g/mol. The van der Waals surface area contributed by atoms with Crippen molar-refractivity contribution in [2.24, 2.45) is 0 Å². The van der Waals surface area contributed by atoms with E-state index in [9.17, 15) is 10.2 Å². The Morgan fingerprint density at radius 1 is 1.05 bits per heavy atom. The Balaban J connectivity index is 1.78. The Hall–Kier alpha value is -1.98. The number of hydrogen-bond donors (Lipinski definition) is 4. The third kappa shape index (κ3) is 4.81. The van der Waals surface area contributed by atoms with Crippen LogP contribution in [0.15, 0.2) is 42.5 Å². The van der Waals surface area contributed by atoms with Gasteiger partial charge in [-0.25, -0.2) is 0 Å². The van der Waals surface area contributed by atoms with Gasteiger partial charge in [-0.05, 0) is 60.6 Å². The zero-order valence-electron chi connectivity index (χ0n) is 11.1. The molecule has 0 heterocycles. The Labute approximate surface area is 133 Å². The smallest absolute Gasteiger partial charge is 0.170 e. The van der Waals surface area contributed by atoms with Crippen LogP contribution in [0.5, 0.6) is 11.5 Å². The molecule has 0 radical (unpaired) electrons. The average Bonchev–Trinajstić information content (AvgIpc) is 2.45. The van der Waals surface area contributed by atoms with Crippen molar-refractivity contribution >= 4 is 34.6 Å². The number of halogens is 1. The number of nitrogens with one attached hydrogen (secondary N) is 2. The van der Waals surface area contributed by atoms with Crippen LogP contribution < -0.4 is 10.6 Å². The number of hydrogen-bond acceptors (Lipinski definition) is 3. The van der Waals surface area contributed by atoms with Crippen molar-refractivity contribution in [1.82, 2.24) is 5.32 Å². The van der Waals surface area contributed by atoms with E-state index in [1.54, 1.807) is 18.2 Å². The molecule has 2 aromatic carbocycles. The second-order valence-electron chi connectivity index (χ2n) is 4.46. The van der Waals surface area contributed by atoms with Crippen molar-refractivity contribution < 1.29 is 10.2 Å². The van der Waals surface area contributed by atoms with Gasteiger partial charge < -0.3 is 20.8 Å². The molecule has 2 aromatic rings. The van der Waals surface area contributed by atoms with Crippen LogP contribution in [0.4, 0.5) is 5.69 Å². The predicted molar refractivity (Wildman–Crippen MR) is 89.2 cm³/mol. The minimum absolute atomic E-state index is 0.116. The molecule has 21 heavy (non-hydrogen) atoms. The lowest BCUT2D eigenvalue weighted by molar-refractivity contribution is 0.403. The van der Waals surface area contributed by atoms with Gasteiger partial charge in [0.05, 0.1) is 0 Å². The summed E-state index contributed by atoms with van der Waals surface area (Å²) in [5.41, 5.74) is 1.77. The molecule has 110 valence electrons. The highest BCUT2D eigenvalue weighted by atomic mass is 35.5. The molecule has 4 nitrogen and oxygen atoms in total. The first-order valence-electron chi connectivity index (χ1n) is 6.36. The molecule has 0 atom stereocenters. The van der Waals surface area contributed by atoms with Gasteiger partial charge in [0.1, 0.15) is 0 Å². The largest absolute Gasteiger partial charge is 0.504 e. The minimum Gasteiger partial charge on any atom is -0.504 e. The topological polar surface area (TPSA) is 64.5 Å². The van der Waals surface area contributed by atoms with Gasteiger partial charge in [-0.3, -0.25) is 0 Å². The van der Waals surface area contributed by atoms with E-state index in [4.69, 9.17) is 23.8 Å². The van der Waals surface area contributed by atoms with Crippen LogP contribution in [0.25, 0.3) is 0 Å². The number of phenols is 2. The maximum atomic E-state index is 9.41. The molecule has 0 amide bonds. The summed E-state index contributed by atoms with van der Waals surface area (Å²) < 4.78 is 0.